The van der Waals surface area contributed by atoms with Gasteiger partial charge in [-0.2, -0.15) is 0 Å². The molecule has 2 atom stereocenters. The fourth-order valence-corrected chi connectivity index (χ4v) is 2.80. The van der Waals surface area contributed by atoms with E-state index in [-0.39, 0.29) is 0 Å². The van der Waals surface area contributed by atoms with E-state index < -0.39 is 0 Å². The molecule has 0 aromatic heterocycles. The number of ether oxygens (including phenoxy) is 1. The Morgan fingerprint density at radius 2 is 2.19 bits per heavy atom. The Kier molecular flexibility index (Phi) is 4.62. The van der Waals surface area contributed by atoms with Crippen molar-refractivity contribution < 1.29 is 4.74 Å². The molecule has 3 heteroatoms. The van der Waals surface area contributed by atoms with Gasteiger partial charge in [0.05, 0.1) is 6.61 Å². The van der Waals surface area contributed by atoms with Crippen LogP contribution in [0.5, 0.6) is 0 Å². The second kappa shape index (κ2) is 5.99. The van der Waals surface area contributed by atoms with Crippen LogP contribution in [0.15, 0.2) is 0 Å². The van der Waals surface area contributed by atoms with E-state index in [1.807, 2.05) is 0 Å². The molecule has 3 nitrogen and oxygen atoms in total. The Balaban J connectivity index is 1.80. The minimum atomic E-state index is 0.623. The van der Waals surface area contributed by atoms with Crippen LogP contribution in [0.25, 0.3) is 0 Å². The molecule has 1 N–H and O–H groups in total. The van der Waals surface area contributed by atoms with Gasteiger partial charge in [-0.05, 0) is 32.9 Å². The van der Waals surface area contributed by atoms with Gasteiger partial charge in [0, 0.05) is 31.2 Å². The fourth-order valence-electron chi connectivity index (χ4n) is 2.80. The monoisotopic (exact) mass is 226 g/mol. The average Bonchev–Trinajstić information content (AvgIpc) is 2.66. The number of nitrogens with one attached hydrogen (secondary N) is 1. The van der Waals surface area contributed by atoms with Crippen LogP contribution in [0.3, 0.4) is 0 Å². The van der Waals surface area contributed by atoms with Crippen LogP contribution in [0.1, 0.15) is 32.6 Å². The summed E-state index contributed by atoms with van der Waals surface area (Å²) in [7, 11) is 2.28. The molecular weight excluding hydrogens is 200 g/mol. The molecule has 2 fully saturated rings. The van der Waals surface area contributed by atoms with Crippen LogP contribution in [0.4, 0.5) is 0 Å². The van der Waals surface area contributed by atoms with Crippen molar-refractivity contribution in [1.29, 1.82) is 0 Å². The van der Waals surface area contributed by atoms with E-state index in [1.54, 1.807) is 0 Å². The van der Waals surface area contributed by atoms with Gasteiger partial charge in [-0.15, -0.1) is 0 Å². The molecule has 2 unspecified atom stereocenters. The van der Waals surface area contributed by atoms with Crippen LogP contribution in [-0.2, 0) is 4.74 Å². The maximum atomic E-state index is 5.51. The number of hydrogen-bond acceptors (Lipinski definition) is 3. The van der Waals surface area contributed by atoms with Crippen molar-refractivity contribution in [2.75, 3.05) is 33.4 Å². The van der Waals surface area contributed by atoms with E-state index in [9.17, 15) is 0 Å². The predicted molar refractivity (Wildman–Crippen MR) is 66.7 cm³/mol. The largest absolute Gasteiger partial charge is 0.381 e. The van der Waals surface area contributed by atoms with Crippen LogP contribution >= 0.6 is 0 Å². The van der Waals surface area contributed by atoms with Crippen LogP contribution < -0.4 is 5.32 Å². The molecule has 1 aliphatic carbocycles. The van der Waals surface area contributed by atoms with Gasteiger partial charge in [-0.3, -0.25) is 0 Å². The number of rotatable bonds is 6. The molecular formula is C13H26N2O. The highest BCUT2D eigenvalue weighted by Gasteiger charge is 2.29. The van der Waals surface area contributed by atoms with Crippen molar-refractivity contribution >= 4 is 0 Å². The number of likely N-dealkylation sites (N-methyl/N-ethyl adjacent to an activating group) is 2. The maximum Gasteiger partial charge on any atom is 0.0510 e. The zero-order valence-corrected chi connectivity index (χ0v) is 10.7. The van der Waals surface area contributed by atoms with E-state index in [1.165, 1.54) is 32.2 Å². The van der Waals surface area contributed by atoms with Gasteiger partial charge < -0.3 is 15.0 Å². The van der Waals surface area contributed by atoms with Crippen LogP contribution in [-0.4, -0.2) is 50.3 Å². The van der Waals surface area contributed by atoms with Gasteiger partial charge in [-0.1, -0.05) is 13.3 Å². The molecule has 0 bridgehead atoms. The lowest BCUT2D eigenvalue weighted by atomic mass is 9.90. The smallest absolute Gasteiger partial charge is 0.0510 e. The molecule has 1 heterocycles. The summed E-state index contributed by atoms with van der Waals surface area (Å²) in [5, 5.41) is 3.64. The van der Waals surface area contributed by atoms with Gasteiger partial charge in [0.15, 0.2) is 0 Å². The molecule has 0 aromatic rings. The summed E-state index contributed by atoms with van der Waals surface area (Å²) in [6, 6.07) is 1.47. The summed E-state index contributed by atoms with van der Waals surface area (Å²) in [4.78, 5) is 2.55. The van der Waals surface area contributed by atoms with Gasteiger partial charge in [0.1, 0.15) is 0 Å². The maximum absolute atomic E-state index is 5.51. The van der Waals surface area contributed by atoms with E-state index >= 15 is 0 Å². The summed E-state index contributed by atoms with van der Waals surface area (Å²) in [5.41, 5.74) is 0. The number of nitrogens with zero attached hydrogens (tertiary/aromatic N) is 1. The molecule has 16 heavy (non-hydrogen) atoms. The lowest BCUT2D eigenvalue weighted by Crippen LogP contribution is -2.49. The zero-order chi connectivity index (χ0) is 11.4. The Hall–Kier alpha value is -0.120. The first-order valence-corrected chi connectivity index (χ1v) is 6.82. The number of hydrogen-bond donors (Lipinski definition) is 1. The van der Waals surface area contributed by atoms with E-state index in [0.717, 1.165) is 31.7 Å². The molecule has 2 aliphatic rings. The van der Waals surface area contributed by atoms with Crippen LogP contribution in [0, 0.1) is 5.92 Å². The van der Waals surface area contributed by atoms with Crippen molar-refractivity contribution in [3.8, 4) is 0 Å². The molecule has 0 amide bonds. The van der Waals surface area contributed by atoms with Gasteiger partial charge in [0.25, 0.3) is 0 Å². The molecule has 1 saturated carbocycles. The van der Waals surface area contributed by atoms with Gasteiger partial charge in [-0.25, -0.2) is 0 Å². The second-order valence-corrected chi connectivity index (χ2v) is 5.31. The Morgan fingerprint density at radius 3 is 2.69 bits per heavy atom. The van der Waals surface area contributed by atoms with Crippen LogP contribution in [0.2, 0.25) is 0 Å². The third-order valence-electron chi connectivity index (χ3n) is 4.18. The molecule has 0 aromatic carbocycles. The van der Waals surface area contributed by atoms with Crippen molar-refractivity contribution in [1.82, 2.24) is 10.2 Å². The standard InChI is InChI=1S/C13H26N2O/c1-3-14-13(11-7-8-16-10-11)9-15(2)12-5-4-6-12/h11-14H,3-10H2,1-2H3. The minimum Gasteiger partial charge on any atom is -0.381 e. The SMILES string of the molecule is CCNC(CN(C)C1CCC1)C1CCOC1. The summed E-state index contributed by atoms with van der Waals surface area (Å²) in [6.07, 6.45) is 5.45. The third-order valence-corrected chi connectivity index (χ3v) is 4.18. The second-order valence-electron chi connectivity index (χ2n) is 5.31. The lowest BCUT2D eigenvalue weighted by molar-refractivity contribution is 0.123. The Morgan fingerprint density at radius 1 is 1.38 bits per heavy atom. The molecule has 1 saturated heterocycles. The first-order chi connectivity index (χ1) is 7.81. The molecule has 94 valence electrons. The van der Waals surface area contributed by atoms with Crippen molar-refractivity contribution in [2.24, 2.45) is 5.92 Å². The normalized spacial score (nSPS) is 28.3. The van der Waals surface area contributed by atoms with E-state index in [4.69, 9.17) is 4.74 Å². The first kappa shape index (κ1) is 12.3. The highest BCUT2D eigenvalue weighted by Crippen LogP contribution is 2.25. The Labute approximate surface area is 99.5 Å². The summed E-state index contributed by atoms with van der Waals surface area (Å²) < 4.78 is 5.51. The van der Waals surface area contributed by atoms with Gasteiger partial charge >= 0.3 is 0 Å². The molecule has 2 rings (SSSR count). The highest BCUT2D eigenvalue weighted by molar-refractivity contribution is 4.85. The topological polar surface area (TPSA) is 24.5 Å². The summed E-state index contributed by atoms with van der Waals surface area (Å²) in [6.45, 7) is 6.37. The van der Waals surface area contributed by atoms with E-state index in [0.29, 0.717) is 6.04 Å². The lowest BCUT2D eigenvalue weighted by Gasteiger charge is -2.38. The van der Waals surface area contributed by atoms with Crippen molar-refractivity contribution in [2.45, 2.75) is 44.7 Å². The highest BCUT2D eigenvalue weighted by atomic mass is 16.5. The van der Waals surface area contributed by atoms with E-state index in [2.05, 4.69) is 24.2 Å². The van der Waals surface area contributed by atoms with Gasteiger partial charge in [0.2, 0.25) is 0 Å². The quantitative estimate of drug-likeness (QED) is 0.742. The fraction of sp³-hybridized carbons (Fsp3) is 1.00. The predicted octanol–water partition coefficient (Wildman–Crippen LogP) is 1.49. The third kappa shape index (κ3) is 2.96. The minimum absolute atomic E-state index is 0.623. The molecule has 1 aliphatic heterocycles. The summed E-state index contributed by atoms with van der Waals surface area (Å²) >= 11 is 0. The van der Waals surface area contributed by atoms with Crippen molar-refractivity contribution in [3.63, 3.8) is 0 Å². The Bertz CT molecular complexity index is 200. The average molecular weight is 226 g/mol. The molecule has 0 radical (unpaired) electrons. The first-order valence-electron chi connectivity index (χ1n) is 6.82. The summed E-state index contributed by atoms with van der Waals surface area (Å²) in [5.74, 6) is 0.725. The van der Waals surface area contributed by atoms with Crippen molar-refractivity contribution in [3.05, 3.63) is 0 Å². The zero-order valence-electron chi connectivity index (χ0n) is 10.7. The molecule has 0 spiro atoms.